The average Bonchev–Trinajstić information content (AvgIpc) is 3.08. The zero-order chi connectivity index (χ0) is 14.0. The molecular formula is C13H23F3N2O. The number of hydrogen-bond acceptors (Lipinski definition) is 3. The first kappa shape index (κ1) is 15.1. The highest BCUT2D eigenvalue weighted by atomic mass is 19.4. The summed E-state index contributed by atoms with van der Waals surface area (Å²) in [5.74, 6) is 0.730. The Hall–Kier alpha value is -0.330. The number of halogens is 3. The molecular weight excluding hydrogens is 257 g/mol. The number of piperidine rings is 1. The van der Waals surface area contributed by atoms with Gasteiger partial charge in [-0.05, 0) is 44.6 Å². The van der Waals surface area contributed by atoms with Gasteiger partial charge in [-0.2, -0.15) is 13.2 Å². The first-order valence-electron chi connectivity index (χ1n) is 7.00. The lowest BCUT2D eigenvalue weighted by atomic mass is 9.88. The third kappa shape index (κ3) is 5.28. The highest BCUT2D eigenvalue weighted by Crippen LogP contribution is 2.36. The fourth-order valence-corrected chi connectivity index (χ4v) is 3.04. The topological polar surface area (TPSA) is 35.5 Å². The first-order chi connectivity index (χ1) is 8.83. The van der Waals surface area contributed by atoms with E-state index < -0.39 is 12.7 Å². The van der Waals surface area contributed by atoms with Crippen molar-refractivity contribution in [1.82, 2.24) is 10.2 Å². The zero-order valence-electron chi connectivity index (χ0n) is 11.3. The SMILES string of the molecule is CN1CC(CC(O)C2CC2)CC(NCC(F)(F)F)C1. The molecule has 0 amide bonds. The molecule has 0 radical (unpaired) electrons. The van der Waals surface area contributed by atoms with Crippen LogP contribution < -0.4 is 5.32 Å². The van der Waals surface area contributed by atoms with Gasteiger partial charge in [-0.25, -0.2) is 0 Å². The number of aliphatic hydroxyl groups is 1. The summed E-state index contributed by atoms with van der Waals surface area (Å²) in [5, 5.41) is 12.5. The van der Waals surface area contributed by atoms with Gasteiger partial charge < -0.3 is 15.3 Å². The Morgan fingerprint density at radius 3 is 2.58 bits per heavy atom. The van der Waals surface area contributed by atoms with Crippen molar-refractivity contribution in [3.63, 3.8) is 0 Å². The lowest BCUT2D eigenvalue weighted by Crippen LogP contribution is -2.50. The zero-order valence-corrected chi connectivity index (χ0v) is 11.3. The Kier molecular flexibility index (Phi) is 4.74. The maximum Gasteiger partial charge on any atom is 0.401 e. The van der Waals surface area contributed by atoms with Crippen LogP contribution in [0.5, 0.6) is 0 Å². The number of likely N-dealkylation sites (N-methyl/N-ethyl adjacent to an activating group) is 1. The highest BCUT2D eigenvalue weighted by Gasteiger charge is 2.35. The van der Waals surface area contributed by atoms with Crippen LogP contribution in [0.25, 0.3) is 0 Å². The Morgan fingerprint density at radius 2 is 2.00 bits per heavy atom. The fourth-order valence-electron chi connectivity index (χ4n) is 3.04. The van der Waals surface area contributed by atoms with Crippen molar-refractivity contribution < 1.29 is 18.3 Å². The van der Waals surface area contributed by atoms with Crippen LogP contribution in [0.2, 0.25) is 0 Å². The van der Waals surface area contributed by atoms with Gasteiger partial charge >= 0.3 is 6.18 Å². The summed E-state index contributed by atoms with van der Waals surface area (Å²) in [6, 6.07) is -0.128. The second kappa shape index (κ2) is 5.97. The van der Waals surface area contributed by atoms with E-state index in [2.05, 4.69) is 10.2 Å². The fraction of sp³-hybridized carbons (Fsp3) is 1.00. The van der Waals surface area contributed by atoms with E-state index in [9.17, 15) is 18.3 Å². The summed E-state index contributed by atoms with van der Waals surface area (Å²) < 4.78 is 36.6. The van der Waals surface area contributed by atoms with E-state index in [1.165, 1.54) is 0 Å². The van der Waals surface area contributed by atoms with Gasteiger partial charge in [0, 0.05) is 19.1 Å². The molecule has 2 fully saturated rings. The smallest absolute Gasteiger partial charge is 0.393 e. The molecule has 3 unspecified atom stereocenters. The molecule has 19 heavy (non-hydrogen) atoms. The Bertz CT molecular complexity index is 294. The molecule has 1 aliphatic carbocycles. The maximum absolute atomic E-state index is 12.2. The molecule has 3 nitrogen and oxygen atoms in total. The Labute approximate surface area is 112 Å². The van der Waals surface area contributed by atoms with Crippen LogP contribution in [-0.2, 0) is 0 Å². The second-order valence-corrected chi connectivity index (χ2v) is 6.16. The van der Waals surface area contributed by atoms with Gasteiger partial charge in [-0.1, -0.05) is 0 Å². The van der Waals surface area contributed by atoms with Gasteiger partial charge in [0.25, 0.3) is 0 Å². The summed E-state index contributed by atoms with van der Waals surface area (Å²) in [5.41, 5.74) is 0. The van der Waals surface area contributed by atoms with Crippen LogP contribution in [-0.4, -0.2) is 55.0 Å². The van der Waals surface area contributed by atoms with E-state index in [0.29, 0.717) is 18.4 Å². The molecule has 112 valence electrons. The molecule has 1 saturated carbocycles. The second-order valence-electron chi connectivity index (χ2n) is 6.16. The van der Waals surface area contributed by atoms with Crippen molar-refractivity contribution in [2.75, 3.05) is 26.7 Å². The molecule has 0 aromatic carbocycles. The summed E-state index contributed by atoms with van der Waals surface area (Å²) >= 11 is 0. The molecule has 1 aliphatic heterocycles. The summed E-state index contributed by atoms with van der Waals surface area (Å²) in [6.07, 6.45) is -0.777. The number of hydrogen-bond donors (Lipinski definition) is 2. The van der Waals surface area contributed by atoms with Gasteiger partial charge in [-0.15, -0.1) is 0 Å². The first-order valence-corrected chi connectivity index (χ1v) is 7.00. The number of rotatable bonds is 5. The van der Waals surface area contributed by atoms with E-state index in [1.807, 2.05) is 7.05 Å². The van der Waals surface area contributed by atoms with Crippen molar-refractivity contribution in [3.8, 4) is 0 Å². The van der Waals surface area contributed by atoms with E-state index in [4.69, 9.17) is 0 Å². The summed E-state index contributed by atoms with van der Waals surface area (Å²) in [7, 11) is 1.93. The average molecular weight is 280 g/mol. The molecule has 2 rings (SSSR count). The van der Waals surface area contributed by atoms with Crippen LogP contribution in [0.3, 0.4) is 0 Å². The third-order valence-corrected chi connectivity index (χ3v) is 4.05. The summed E-state index contributed by atoms with van der Waals surface area (Å²) in [6.45, 7) is 0.587. The van der Waals surface area contributed by atoms with Crippen LogP contribution >= 0.6 is 0 Å². The maximum atomic E-state index is 12.2. The molecule has 1 saturated heterocycles. The molecule has 0 aromatic heterocycles. The van der Waals surface area contributed by atoms with E-state index in [-0.39, 0.29) is 12.1 Å². The van der Waals surface area contributed by atoms with E-state index in [0.717, 1.165) is 32.2 Å². The van der Waals surface area contributed by atoms with Crippen molar-refractivity contribution >= 4 is 0 Å². The minimum absolute atomic E-state index is 0.128. The van der Waals surface area contributed by atoms with Crippen LogP contribution in [0, 0.1) is 11.8 Å². The van der Waals surface area contributed by atoms with Crippen LogP contribution in [0.4, 0.5) is 13.2 Å². The van der Waals surface area contributed by atoms with Crippen molar-refractivity contribution in [1.29, 1.82) is 0 Å². The number of alkyl halides is 3. The van der Waals surface area contributed by atoms with Crippen LogP contribution in [0.15, 0.2) is 0 Å². The van der Waals surface area contributed by atoms with Gasteiger partial charge in [0.05, 0.1) is 12.6 Å². The molecule has 1 heterocycles. The monoisotopic (exact) mass is 280 g/mol. The summed E-state index contributed by atoms with van der Waals surface area (Å²) in [4.78, 5) is 2.06. The standard InChI is InChI=1S/C13H23F3N2O/c1-18-6-9(5-12(19)10-2-3-10)4-11(7-18)17-8-13(14,15)16/h9-12,17,19H,2-8H2,1H3. The molecule has 6 heteroatoms. The lowest BCUT2D eigenvalue weighted by Gasteiger charge is -2.37. The van der Waals surface area contributed by atoms with Crippen LogP contribution in [0.1, 0.15) is 25.7 Å². The quantitative estimate of drug-likeness (QED) is 0.803. The predicted octanol–water partition coefficient (Wildman–Crippen LogP) is 1.62. The molecule has 0 spiro atoms. The van der Waals surface area contributed by atoms with Crippen molar-refractivity contribution in [3.05, 3.63) is 0 Å². The van der Waals surface area contributed by atoms with Crippen molar-refractivity contribution in [2.45, 2.75) is 44.0 Å². The van der Waals surface area contributed by atoms with Crippen molar-refractivity contribution in [2.24, 2.45) is 11.8 Å². The highest BCUT2D eigenvalue weighted by molar-refractivity contribution is 4.87. The number of nitrogens with zero attached hydrogens (tertiary/aromatic N) is 1. The molecule has 2 N–H and O–H groups in total. The minimum atomic E-state index is -4.15. The van der Waals surface area contributed by atoms with E-state index >= 15 is 0 Å². The molecule has 0 aromatic rings. The Balaban J connectivity index is 1.77. The number of aliphatic hydroxyl groups excluding tert-OH is 1. The molecule has 0 bridgehead atoms. The van der Waals surface area contributed by atoms with E-state index in [1.54, 1.807) is 0 Å². The van der Waals surface area contributed by atoms with Gasteiger partial charge in [-0.3, -0.25) is 0 Å². The van der Waals surface area contributed by atoms with Gasteiger partial charge in [0.1, 0.15) is 0 Å². The Morgan fingerprint density at radius 1 is 1.32 bits per heavy atom. The molecule has 2 aliphatic rings. The third-order valence-electron chi connectivity index (χ3n) is 4.05. The predicted molar refractivity (Wildman–Crippen MR) is 66.8 cm³/mol. The van der Waals surface area contributed by atoms with Gasteiger partial charge in [0.2, 0.25) is 0 Å². The normalized spacial score (nSPS) is 31.4. The largest absolute Gasteiger partial charge is 0.401 e. The van der Waals surface area contributed by atoms with Gasteiger partial charge in [0.15, 0.2) is 0 Å². The number of likely N-dealkylation sites (tertiary alicyclic amines) is 1. The minimum Gasteiger partial charge on any atom is -0.393 e. The molecule has 3 atom stereocenters. The number of nitrogens with one attached hydrogen (secondary N) is 1. The lowest BCUT2D eigenvalue weighted by molar-refractivity contribution is -0.127.